The molecule has 0 aliphatic carbocycles. The minimum Gasteiger partial charge on any atom is -0.698 e. The van der Waals surface area contributed by atoms with Crippen molar-refractivity contribution in [2.45, 2.75) is 6.92 Å². The average Bonchev–Trinajstić information content (AvgIpc) is 2.18. The molecule has 0 bridgehead atoms. The van der Waals surface area contributed by atoms with Crippen molar-refractivity contribution in [3.05, 3.63) is 47.2 Å². The smallest absolute Gasteiger partial charge is 0.329 e. The van der Waals surface area contributed by atoms with Crippen LogP contribution < -0.4 is 0 Å². The third-order valence-corrected chi connectivity index (χ3v) is 1.90. The Hall–Kier alpha value is -0.328. The Kier molecular flexibility index (Phi) is 6.88. The van der Waals surface area contributed by atoms with E-state index >= 15 is 0 Å². The molecule has 1 aromatic rings. The summed E-state index contributed by atoms with van der Waals surface area (Å²) in [6.45, 7) is 1.90. The Labute approximate surface area is 125 Å². The summed E-state index contributed by atoms with van der Waals surface area (Å²) in [5.74, 6) is -0.502. The van der Waals surface area contributed by atoms with Crippen molar-refractivity contribution in [3.63, 3.8) is 0 Å². The van der Waals surface area contributed by atoms with Crippen LogP contribution in [-0.4, -0.2) is 13.1 Å². The third-order valence-electron chi connectivity index (χ3n) is 1.90. The largest absolute Gasteiger partial charge is 0.698 e. The van der Waals surface area contributed by atoms with E-state index < -0.39 is 5.97 Å². The standard InChI is InChI=1S/C11H13NO2.Ac/c1-8-5-3-4-6-9(8)10(12)7-11(13)14-2;/h3-7H,1-2H3,(H2,12,13);/p-1. The molecule has 0 amide bonds. The number of rotatable bonds is 2. The van der Waals surface area contributed by atoms with Crippen molar-refractivity contribution < 1.29 is 53.6 Å². The molecule has 0 fully saturated rings. The van der Waals surface area contributed by atoms with E-state index in [-0.39, 0.29) is 49.8 Å². The molecule has 0 spiro atoms. The third kappa shape index (κ3) is 4.36. The summed E-state index contributed by atoms with van der Waals surface area (Å²) in [6.07, 6.45) is 1.17. The second-order valence-corrected chi connectivity index (χ2v) is 2.90. The molecular formula is C11H12AcNO2-. The van der Waals surface area contributed by atoms with Gasteiger partial charge in [-0.3, -0.25) is 0 Å². The van der Waals surface area contributed by atoms with E-state index in [4.69, 9.17) is 5.73 Å². The molecule has 4 heteroatoms. The van der Waals surface area contributed by atoms with Crippen LogP contribution in [0.2, 0.25) is 0 Å². The average molecular weight is 417 g/mol. The Morgan fingerprint density at radius 1 is 1.40 bits per heavy atom. The van der Waals surface area contributed by atoms with E-state index in [1.165, 1.54) is 13.2 Å². The van der Waals surface area contributed by atoms with Gasteiger partial charge in [-0.15, -0.1) is 5.70 Å². The fourth-order valence-corrected chi connectivity index (χ4v) is 1.13. The van der Waals surface area contributed by atoms with Crippen molar-refractivity contribution in [1.82, 2.24) is 0 Å². The molecule has 1 rings (SSSR count). The van der Waals surface area contributed by atoms with Crippen molar-refractivity contribution in [1.29, 1.82) is 0 Å². The maximum atomic E-state index is 10.9. The minimum atomic E-state index is -0.502. The Bertz CT molecular complexity index is 375. The van der Waals surface area contributed by atoms with Gasteiger partial charge < -0.3 is 10.5 Å². The number of hydrogen-bond donors (Lipinski definition) is 0. The monoisotopic (exact) mass is 417 g/mol. The zero-order valence-electron chi connectivity index (χ0n) is 8.78. The van der Waals surface area contributed by atoms with Crippen molar-refractivity contribution in [3.8, 4) is 0 Å². The van der Waals surface area contributed by atoms with Crippen molar-refractivity contribution >= 4 is 11.7 Å². The van der Waals surface area contributed by atoms with Crippen LogP contribution in [0.15, 0.2) is 30.3 Å². The quantitative estimate of drug-likeness (QED) is 0.549. The maximum absolute atomic E-state index is 10.9. The number of benzene rings is 1. The van der Waals surface area contributed by atoms with E-state index in [0.29, 0.717) is 0 Å². The predicted octanol–water partition coefficient (Wildman–Crippen LogP) is 2.56. The molecule has 0 aromatic heterocycles. The first-order valence-corrected chi connectivity index (χ1v) is 4.22. The molecule has 1 radical (unpaired) electrons. The summed E-state index contributed by atoms with van der Waals surface area (Å²) < 4.78 is 4.45. The number of hydrogen-bond acceptors (Lipinski definition) is 2. The molecular weight excluding hydrogens is 405 g/mol. The molecule has 0 heterocycles. The first-order valence-electron chi connectivity index (χ1n) is 4.22. The fraction of sp³-hybridized carbons (Fsp3) is 0.182. The molecule has 0 saturated heterocycles. The number of aryl methyl sites for hydroxylation is 1. The number of ether oxygens (including phenoxy) is 1. The van der Waals surface area contributed by atoms with Crippen molar-refractivity contribution in [2.75, 3.05) is 7.11 Å². The fourth-order valence-electron chi connectivity index (χ4n) is 1.13. The Morgan fingerprint density at radius 3 is 2.53 bits per heavy atom. The van der Waals surface area contributed by atoms with Crippen molar-refractivity contribution in [2.24, 2.45) is 0 Å². The van der Waals surface area contributed by atoms with Crippen LogP contribution in [0.3, 0.4) is 0 Å². The summed E-state index contributed by atoms with van der Waals surface area (Å²) >= 11 is 0. The van der Waals surface area contributed by atoms with E-state index in [1.54, 1.807) is 6.07 Å². The molecule has 1 N–H and O–H groups in total. The first-order chi connectivity index (χ1) is 6.65. The second-order valence-electron chi connectivity index (χ2n) is 2.90. The van der Waals surface area contributed by atoms with E-state index in [1.807, 2.05) is 25.1 Å². The molecule has 0 atom stereocenters. The summed E-state index contributed by atoms with van der Waals surface area (Å²) in [4.78, 5) is 10.9. The summed E-state index contributed by atoms with van der Waals surface area (Å²) in [5, 5.41) is 0. The van der Waals surface area contributed by atoms with Gasteiger partial charge in [-0.1, -0.05) is 24.3 Å². The number of esters is 1. The number of nitrogens with one attached hydrogen (secondary N) is 1. The van der Waals surface area contributed by atoms with Gasteiger partial charge in [-0.05, 0) is 18.1 Å². The number of methoxy groups -OCH3 is 1. The Balaban J connectivity index is 0.00000196. The summed E-state index contributed by atoms with van der Waals surface area (Å²) in [5.41, 5.74) is 9.54. The zero-order chi connectivity index (χ0) is 10.6. The number of carbonyl (C=O) groups excluding carboxylic acids is 1. The van der Waals surface area contributed by atoms with E-state index in [9.17, 15) is 4.79 Å². The summed E-state index contributed by atoms with van der Waals surface area (Å²) in [6, 6.07) is 7.43. The second kappa shape index (κ2) is 7.03. The van der Waals surface area contributed by atoms with Crippen LogP contribution in [0.1, 0.15) is 11.1 Å². The summed E-state index contributed by atoms with van der Waals surface area (Å²) in [7, 11) is 1.30. The van der Waals surface area contributed by atoms with Gasteiger partial charge in [0, 0.05) is 50.1 Å². The van der Waals surface area contributed by atoms with Gasteiger partial charge in [-0.2, -0.15) is 0 Å². The zero-order valence-corrected chi connectivity index (χ0v) is 13.5. The molecule has 3 nitrogen and oxygen atoms in total. The van der Waals surface area contributed by atoms with E-state index in [0.717, 1.165) is 11.1 Å². The van der Waals surface area contributed by atoms with Gasteiger partial charge in [-0.25, -0.2) is 4.79 Å². The molecule has 0 aliphatic rings. The minimum absolute atomic E-state index is 0. The Morgan fingerprint density at radius 2 is 2.00 bits per heavy atom. The van der Waals surface area contributed by atoms with Crippen LogP contribution in [0.4, 0.5) is 0 Å². The van der Waals surface area contributed by atoms with Crippen LogP contribution in [0.5, 0.6) is 0 Å². The molecule has 0 unspecified atom stereocenters. The molecule has 77 valence electrons. The van der Waals surface area contributed by atoms with Crippen LogP contribution in [0.25, 0.3) is 11.4 Å². The van der Waals surface area contributed by atoms with Gasteiger partial charge >= 0.3 is 5.97 Å². The van der Waals surface area contributed by atoms with Gasteiger partial charge in [0.25, 0.3) is 0 Å². The van der Waals surface area contributed by atoms with E-state index in [2.05, 4.69) is 4.74 Å². The van der Waals surface area contributed by atoms with Gasteiger partial charge in [0.05, 0.1) is 7.11 Å². The van der Waals surface area contributed by atoms with Crippen LogP contribution in [-0.2, 0) is 9.53 Å². The SMILES string of the molecule is COC(=O)/C=C(\[NH-])c1ccccc1C.[Ac]. The first kappa shape index (κ1) is 14.7. The van der Waals surface area contributed by atoms with Gasteiger partial charge in [0.1, 0.15) is 0 Å². The molecule has 0 saturated carbocycles. The normalized spacial score (nSPS) is 10.4. The molecule has 0 aliphatic heterocycles. The molecule has 1 aromatic carbocycles. The van der Waals surface area contributed by atoms with Crippen LogP contribution in [0, 0.1) is 51.0 Å². The predicted molar refractivity (Wildman–Crippen MR) is 55.5 cm³/mol. The van der Waals surface area contributed by atoms with Gasteiger partial charge in [0.2, 0.25) is 0 Å². The number of carbonyl (C=O) groups is 1. The topological polar surface area (TPSA) is 50.1 Å². The maximum Gasteiger partial charge on any atom is 0.329 e. The van der Waals surface area contributed by atoms with Gasteiger partial charge in [0.15, 0.2) is 0 Å². The molecule has 15 heavy (non-hydrogen) atoms. The van der Waals surface area contributed by atoms with Crippen LogP contribution >= 0.6 is 0 Å².